The van der Waals surface area contributed by atoms with E-state index in [-0.39, 0.29) is 11.6 Å². The summed E-state index contributed by atoms with van der Waals surface area (Å²) >= 11 is 6.31. The van der Waals surface area contributed by atoms with Crippen LogP contribution in [-0.2, 0) is 11.3 Å². The van der Waals surface area contributed by atoms with Crippen LogP contribution in [-0.4, -0.2) is 29.0 Å². The zero-order chi connectivity index (χ0) is 14.5. The molecule has 0 aromatic carbocycles. The average molecular weight is 288 g/mol. The second kappa shape index (κ2) is 7.27. The van der Waals surface area contributed by atoms with E-state index in [1.165, 1.54) is 0 Å². The summed E-state index contributed by atoms with van der Waals surface area (Å²) in [5.41, 5.74) is 0.861. The van der Waals surface area contributed by atoms with Gasteiger partial charge in [0.05, 0.1) is 28.6 Å². The van der Waals surface area contributed by atoms with Crippen molar-refractivity contribution in [1.29, 1.82) is 0 Å². The Labute approximate surface area is 121 Å². The van der Waals surface area contributed by atoms with E-state index in [0.29, 0.717) is 0 Å². The first-order valence-corrected chi connectivity index (χ1v) is 7.32. The molecule has 1 rings (SSSR count). The van der Waals surface area contributed by atoms with E-state index in [9.17, 15) is 0 Å². The van der Waals surface area contributed by atoms with Crippen molar-refractivity contribution in [2.45, 2.75) is 58.7 Å². The molecule has 0 spiro atoms. The first kappa shape index (κ1) is 16.5. The van der Waals surface area contributed by atoms with Gasteiger partial charge in [0.15, 0.2) is 0 Å². The minimum Gasteiger partial charge on any atom is -0.379 e. The van der Waals surface area contributed by atoms with Gasteiger partial charge in [0.1, 0.15) is 0 Å². The van der Waals surface area contributed by atoms with Gasteiger partial charge in [-0.25, -0.2) is 0 Å². The van der Waals surface area contributed by atoms with E-state index in [0.717, 1.165) is 36.6 Å². The molecule has 1 aromatic heterocycles. The summed E-state index contributed by atoms with van der Waals surface area (Å²) in [5, 5.41) is 8.60. The molecule has 0 aliphatic rings. The van der Waals surface area contributed by atoms with Crippen LogP contribution < -0.4 is 5.32 Å². The number of nitrogens with zero attached hydrogens (tertiary/aromatic N) is 2. The maximum absolute atomic E-state index is 6.31. The van der Waals surface area contributed by atoms with Crippen molar-refractivity contribution in [2.24, 2.45) is 0 Å². The van der Waals surface area contributed by atoms with E-state index >= 15 is 0 Å². The van der Waals surface area contributed by atoms with Gasteiger partial charge in [0, 0.05) is 13.7 Å². The number of hydrogen-bond acceptors (Lipinski definition) is 3. The normalized spacial score (nSPS) is 13.8. The molecular formula is C14H26ClN3O. The van der Waals surface area contributed by atoms with Crippen LogP contribution in [0, 0.1) is 0 Å². The van der Waals surface area contributed by atoms with Crippen molar-refractivity contribution in [2.75, 3.05) is 13.7 Å². The van der Waals surface area contributed by atoms with Gasteiger partial charge in [-0.2, -0.15) is 5.10 Å². The van der Waals surface area contributed by atoms with E-state index in [1.807, 2.05) is 4.68 Å². The van der Waals surface area contributed by atoms with Crippen LogP contribution in [0.1, 0.15) is 52.3 Å². The highest BCUT2D eigenvalue weighted by Crippen LogP contribution is 2.30. The van der Waals surface area contributed by atoms with E-state index < -0.39 is 0 Å². The molecular weight excluding hydrogens is 262 g/mol. The molecule has 5 heteroatoms. The zero-order valence-electron chi connectivity index (χ0n) is 12.7. The summed E-state index contributed by atoms with van der Waals surface area (Å²) in [6, 6.07) is 0.157. The van der Waals surface area contributed by atoms with Crippen molar-refractivity contribution >= 4 is 11.6 Å². The van der Waals surface area contributed by atoms with Crippen molar-refractivity contribution in [3.8, 4) is 0 Å². The quantitative estimate of drug-likeness (QED) is 0.796. The van der Waals surface area contributed by atoms with Crippen LogP contribution >= 0.6 is 11.6 Å². The van der Waals surface area contributed by atoms with Crippen LogP contribution in [0.15, 0.2) is 6.20 Å². The standard InChI is InChI=1S/C14H26ClN3O/c1-6-8-16-12(9-14(3,4)19-5)13-11(15)10-17-18(13)7-2/h10,12,16H,6-9H2,1-5H3. The fourth-order valence-electron chi connectivity index (χ4n) is 2.13. The number of methoxy groups -OCH3 is 1. The summed E-state index contributed by atoms with van der Waals surface area (Å²) < 4.78 is 7.51. The second-order valence-corrected chi connectivity index (χ2v) is 5.78. The number of aromatic nitrogens is 2. The third-order valence-electron chi connectivity index (χ3n) is 3.35. The smallest absolute Gasteiger partial charge is 0.0834 e. The molecule has 0 radical (unpaired) electrons. The topological polar surface area (TPSA) is 39.1 Å². The number of aryl methyl sites for hydroxylation is 1. The van der Waals surface area contributed by atoms with Crippen LogP contribution in [0.2, 0.25) is 5.02 Å². The van der Waals surface area contributed by atoms with Gasteiger partial charge in [-0.15, -0.1) is 0 Å². The highest BCUT2D eigenvalue weighted by atomic mass is 35.5. The SMILES string of the molecule is CCCNC(CC(C)(C)OC)c1c(Cl)cnn1CC. The first-order valence-electron chi connectivity index (χ1n) is 6.94. The maximum Gasteiger partial charge on any atom is 0.0834 e. The van der Waals surface area contributed by atoms with Gasteiger partial charge in [-0.3, -0.25) is 4.68 Å². The number of rotatable bonds is 8. The van der Waals surface area contributed by atoms with Crippen LogP contribution in [0.25, 0.3) is 0 Å². The Morgan fingerprint density at radius 3 is 2.68 bits per heavy atom. The predicted octanol–water partition coefficient (Wildman–Crippen LogP) is 3.41. The molecule has 19 heavy (non-hydrogen) atoms. The molecule has 0 saturated heterocycles. The van der Waals surface area contributed by atoms with E-state index in [4.69, 9.17) is 16.3 Å². The lowest BCUT2D eigenvalue weighted by atomic mass is 9.96. The molecule has 0 aliphatic heterocycles. The molecule has 0 aliphatic carbocycles. The lowest BCUT2D eigenvalue weighted by molar-refractivity contribution is 0.00615. The van der Waals surface area contributed by atoms with Gasteiger partial charge in [-0.05, 0) is 40.2 Å². The Morgan fingerprint density at radius 2 is 2.16 bits per heavy atom. The second-order valence-electron chi connectivity index (χ2n) is 5.37. The highest BCUT2D eigenvalue weighted by molar-refractivity contribution is 6.31. The summed E-state index contributed by atoms with van der Waals surface area (Å²) in [6.07, 6.45) is 3.66. The summed E-state index contributed by atoms with van der Waals surface area (Å²) in [7, 11) is 1.75. The highest BCUT2D eigenvalue weighted by Gasteiger charge is 2.27. The Hall–Kier alpha value is -0.580. The number of ether oxygens (including phenoxy) is 1. The summed E-state index contributed by atoms with van der Waals surface area (Å²) in [4.78, 5) is 0. The summed E-state index contributed by atoms with van der Waals surface area (Å²) in [5.74, 6) is 0. The molecule has 4 nitrogen and oxygen atoms in total. The molecule has 1 N–H and O–H groups in total. The average Bonchev–Trinajstić information content (AvgIpc) is 2.75. The third kappa shape index (κ3) is 4.48. The van der Waals surface area contributed by atoms with Gasteiger partial charge in [0.25, 0.3) is 0 Å². The van der Waals surface area contributed by atoms with Crippen LogP contribution in [0.5, 0.6) is 0 Å². The molecule has 0 saturated carbocycles. The fourth-order valence-corrected chi connectivity index (χ4v) is 2.40. The van der Waals surface area contributed by atoms with Gasteiger partial charge >= 0.3 is 0 Å². The predicted molar refractivity (Wildman–Crippen MR) is 79.7 cm³/mol. The van der Waals surface area contributed by atoms with E-state index in [1.54, 1.807) is 13.3 Å². The Balaban J connectivity index is 2.98. The number of halogens is 1. The van der Waals surface area contributed by atoms with E-state index in [2.05, 4.69) is 38.1 Å². The van der Waals surface area contributed by atoms with Crippen molar-refractivity contribution in [1.82, 2.24) is 15.1 Å². The number of nitrogens with one attached hydrogen (secondary N) is 1. The van der Waals surface area contributed by atoms with Crippen molar-refractivity contribution < 1.29 is 4.74 Å². The molecule has 0 amide bonds. The molecule has 1 heterocycles. The van der Waals surface area contributed by atoms with Gasteiger partial charge in [0.2, 0.25) is 0 Å². The molecule has 0 bridgehead atoms. The largest absolute Gasteiger partial charge is 0.379 e. The lowest BCUT2D eigenvalue weighted by Crippen LogP contribution is -2.33. The minimum atomic E-state index is -0.197. The van der Waals surface area contributed by atoms with Crippen molar-refractivity contribution in [3.05, 3.63) is 16.9 Å². The molecule has 1 aromatic rings. The molecule has 1 unspecified atom stereocenters. The zero-order valence-corrected chi connectivity index (χ0v) is 13.4. The minimum absolute atomic E-state index is 0.157. The number of hydrogen-bond donors (Lipinski definition) is 1. The Bertz CT molecular complexity index is 390. The van der Waals surface area contributed by atoms with Gasteiger partial charge < -0.3 is 10.1 Å². The third-order valence-corrected chi connectivity index (χ3v) is 3.64. The summed E-state index contributed by atoms with van der Waals surface area (Å²) in [6.45, 7) is 10.2. The fraction of sp³-hybridized carbons (Fsp3) is 0.786. The first-order chi connectivity index (χ1) is 8.95. The molecule has 1 atom stereocenters. The van der Waals surface area contributed by atoms with Crippen molar-refractivity contribution in [3.63, 3.8) is 0 Å². The molecule has 0 fully saturated rings. The maximum atomic E-state index is 6.31. The Morgan fingerprint density at radius 1 is 1.47 bits per heavy atom. The lowest BCUT2D eigenvalue weighted by Gasteiger charge is -2.29. The molecule has 110 valence electrons. The monoisotopic (exact) mass is 287 g/mol. The van der Waals surface area contributed by atoms with Crippen LogP contribution in [0.4, 0.5) is 0 Å². The Kier molecular flexibility index (Phi) is 6.30. The van der Waals surface area contributed by atoms with Crippen LogP contribution in [0.3, 0.4) is 0 Å². The van der Waals surface area contributed by atoms with Gasteiger partial charge in [-0.1, -0.05) is 18.5 Å².